The van der Waals surface area contributed by atoms with Crippen LogP contribution in [0.15, 0.2) is 17.6 Å². The molecule has 1 aliphatic rings. The minimum atomic E-state index is -1.35. The minimum Gasteiger partial charge on any atom is -0.394 e. The highest BCUT2D eigenvalue weighted by Gasteiger charge is 2.43. The molecule has 0 radical (unpaired) electrons. The predicted octanol–water partition coefficient (Wildman–Crippen LogP) is -1.92. The summed E-state index contributed by atoms with van der Waals surface area (Å²) in [5.41, 5.74) is 5.20. The molecule has 0 bridgehead atoms. The first kappa shape index (κ1) is 13.7. The van der Waals surface area contributed by atoms with E-state index in [1.54, 1.807) is 0 Å². The van der Waals surface area contributed by atoms with Crippen molar-refractivity contribution in [2.45, 2.75) is 24.5 Å². The number of hydrogen-bond acceptors (Lipinski definition) is 7. The Bertz CT molecular complexity index is 544. The van der Waals surface area contributed by atoms with Crippen LogP contribution in [-0.2, 0) is 4.74 Å². The van der Waals surface area contributed by atoms with E-state index in [9.17, 15) is 15.0 Å². The fraction of sp³-hybridized carbons (Fsp3) is 0.455. The molecule has 0 saturated carbocycles. The van der Waals surface area contributed by atoms with Gasteiger partial charge in [0.1, 0.15) is 24.1 Å². The fourth-order valence-electron chi connectivity index (χ4n) is 1.95. The number of hydrogen-bond donors (Lipinski definition) is 4. The van der Waals surface area contributed by atoms with Gasteiger partial charge in [-0.05, 0) is 0 Å². The standard InChI is InChI=1S/C11H15N3O5/c1-2-5-3-14(11(18)13-9(5)12)10-8(17)7(16)6(4-15)19-10/h2-3,6-8,10,15-17H,1,4H2,(H2,12,13,18)/t6-,7?,8+,10-/m1/s1. The average Bonchev–Trinajstić information content (AvgIpc) is 2.67. The van der Waals surface area contributed by atoms with Crippen molar-refractivity contribution in [2.24, 2.45) is 0 Å². The molecule has 19 heavy (non-hydrogen) atoms. The van der Waals surface area contributed by atoms with Crippen LogP contribution in [0.5, 0.6) is 0 Å². The summed E-state index contributed by atoms with van der Waals surface area (Å²) in [5.74, 6) is 0.0167. The first-order valence-electron chi connectivity index (χ1n) is 5.63. The van der Waals surface area contributed by atoms with Gasteiger partial charge < -0.3 is 25.8 Å². The highest BCUT2D eigenvalue weighted by Crippen LogP contribution is 2.28. The number of aliphatic hydroxyl groups excluding tert-OH is 3. The van der Waals surface area contributed by atoms with Crippen molar-refractivity contribution >= 4 is 11.9 Å². The molecular formula is C11H15N3O5. The van der Waals surface area contributed by atoms with Crippen LogP contribution >= 0.6 is 0 Å². The van der Waals surface area contributed by atoms with Crippen LogP contribution in [0, 0.1) is 0 Å². The highest BCUT2D eigenvalue weighted by molar-refractivity contribution is 5.57. The van der Waals surface area contributed by atoms with Gasteiger partial charge >= 0.3 is 5.69 Å². The Hall–Kier alpha value is -1.74. The van der Waals surface area contributed by atoms with Crippen molar-refractivity contribution in [2.75, 3.05) is 12.3 Å². The molecule has 1 unspecified atom stereocenters. The van der Waals surface area contributed by atoms with Crippen LogP contribution in [0.4, 0.5) is 5.82 Å². The minimum absolute atomic E-state index is 0.0167. The van der Waals surface area contributed by atoms with E-state index in [-0.39, 0.29) is 5.82 Å². The number of ether oxygens (including phenoxy) is 1. The molecule has 104 valence electrons. The zero-order chi connectivity index (χ0) is 14.2. The first-order chi connectivity index (χ1) is 8.99. The summed E-state index contributed by atoms with van der Waals surface area (Å²) in [6, 6.07) is 0. The quantitative estimate of drug-likeness (QED) is 0.503. The highest BCUT2D eigenvalue weighted by atomic mass is 16.6. The molecule has 8 nitrogen and oxygen atoms in total. The molecule has 1 aromatic heterocycles. The number of rotatable bonds is 3. The van der Waals surface area contributed by atoms with Crippen LogP contribution in [-0.4, -0.2) is 49.8 Å². The fourth-order valence-corrected chi connectivity index (χ4v) is 1.95. The van der Waals surface area contributed by atoms with E-state index >= 15 is 0 Å². The number of anilines is 1. The summed E-state index contributed by atoms with van der Waals surface area (Å²) in [6.07, 6.45) is -2.00. The van der Waals surface area contributed by atoms with Gasteiger partial charge in [0.25, 0.3) is 0 Å². The average molecular weight is 269 g/mol. The number of aromatic nitrogens is 2. The smallest absolute Gasteiger partial charge is 0.351 e. The lowest BCUT2D eigenvalue weighted by Crippen LogP contribution is -2.36. The van der Waals surface area contributed by atoms with E-state index in [4.69, 9.17) is 15.6 Å². The van der Waals surface area contributed by atoms with Crippen LogP contribution < -0.4 is 11.4 Å². The third-order valence-corrected chi connectivity index (χ3v) is 3.02. The third kappa shape index (κ3) is 2.26. The number of nitrogens with two attached hydrogens (primary N) is 1. The Kier molecular flexibility index (Phi) is 3.67. The molecule has 4 atom stereocenters. The molecule has 5 N–H and O–H groups in total. The largest absolute Gasteiger partial charge is 0.394 e. The molecule has 2 rings (SSSR count). The monoisotopic (exact) mass is 269 g/mol. The van der Waals surface area contributed by atoms with Gasteiger partial charge in [0.15, 0.2) is 6.23 Å². The topological polar surface area (TPSA) is 131 Å². The summed E-state index contributed by atoms with van der Waals surface area (Å²) >= 11 is 0. The van der Waals surface area contributed by atoms with Gasteiger partial charge in [0.2, 0.25) is 0 Å². The van der Waals surface area contributed by atoms with Gasteiger partial charge in [-0.1, -0.05) is 12.7 Å². The van der Waals surface area contributed by atoms with Crippen molar-refractivity contribution < 1.29 is 20.1 Å². The number of aliphatic hydroxyl groups is 3. The van der Waals surface area contributed by atoms with E-state index in [1.165, 1.54) is 12.3 Å². The van der Waals surface area contributed by atoms with Gasteiger partial charge in [0.05, 0.1) is 6.61 Å². The van der Waals surface area contributed by atoms with Crippen LogP contribution in [0.1, 0.15) is 11.8 Å². The van der Waals surface area contributed by atoms with E-state index in [2.05, 4.69) is 11.6 Å². The third-order valence-electron chi connectivity index (χ3n) is 3.02. The summed E-state index contributed by atoms with van der Waals surface area (Å²) < 4.78 is 6.25. The van der Waals surface area contributed by atoms with Crippen LogP contribution in [0.2, 0.25) is 0 Å². The second kappa shape index (κ2) is 5.10. The molecule has 1 saturated heterocycles. The molecule has 0 aromatic carbocycles. The maximum Gasteiger partial charge on any atom is 0.351 e. The SMILES string of the molecule is C=Cc1cn([C@@H]2O[C@H](CO)C(O)[C@@H]2O)c(=O)nc1N. The molecule has 0 aliphatic carbocycles. The Morgan fingerprint density at radius 1 is 1.53 bits per heavy atom. The van der Waals surface area contributed by atoms with E-state index in [1.807, 2.05) is 0 Å². The number of nitrogen functional groups attached to an aromatic ring is 1. The maximum atomic E-state index is 11.7. The summed E-state index contributed by atoms with van der Waals surface area (Å²) in [5, 5.41) is 28.5. The summed E-state index contributed by atoms with van der Waals surface area (Å²) in [6.45, 7) is 3.05. The van der Waals surface area contributed by atoms with E-state index in [0.29, 0.717) is 5.56 Å². The van der Waals surface area contributed by atoms with Crippen LogP contribution in [0.3, 0.4) is 0 Å². The molecule has 1 aromatic rings. The van der Waals surface area contributed by atoms with Gasteiger partial charge in [-0.3, -0.25) is 4.57 Å². The lowest BCUT2D eigenvalue weighted by Gasteiger charge is -2.17. The Labute approximate surface area is 108 Å². The Morgan fingerprint density at radius 3 is 2.74 bits per heavy atom. The number of nitrogens with zero attached hydrogens (tertiary/aromatic N) is 2. The molecule has 1 fully saturated rings. The van der Waals surface area contributed by atoms with Crippen molar-refractivity contribution in [1.82, 2.24) is 9.55 Å². The predicted molar refractivity (Wildman–Crippen MR) is 66.0 cm³/mol. The van der Waals surface area contributed by atoms with Crippen molar-refractivity contribution in [3.8, 4) is 0 Å². The molecule has 0 amide bonds. The van der Waals surface area contributed by atoms with Crippen molar-refractivity contribution in [3.63, 3.8) is 0 Å². The lowest BCUT2D eigenvalue weighted by atomic mass is 10.1. The van der Waals surface area contributed by atoms with Crippen molar-refractivity contribution in [3.05, 3.63) is 28.8 Å². The summed E-state index contributed by atoms with van der Waals surface area (Å²) in [4.78, 5) is 15.3. The van der Waals surface area contributed by atoms with Gasteiger partial charge in [-0.2, -0.15) is 4.98 Å². The maximum absolute atomic E-state index is 11.7. The van der Waals surface area contributed by atoms with Gasteiger partial charge in [-0.25, -0.2) is 4.79 Å². The summed E-state index contributed by atoms with van der Waals surface area (Å²) in [7, 11) is 0. The Balaban J connectivity index is 2.43. The zero-order valence-corrected chi connectivity index (χ0v) is 10.0. The van der Waals surface area contributed by atoms with E-state index < -0.39 is 36.8 Å². The molecule has 8 heteroatoms. The van der Waals surface area contributed by atoms with Gasteiger partial charge in [0, 0.05) is 11.8 Å². The lowest BCUT2D eigenvalue weighted by molar-refractivity contribution is -0.0549. The molecule has 2 heterocycles. The molecule has 0 spiro atoms. The van der Waals surface area contributed by atoms with E-state index in [0.717, 1.165) is 4.57 Å². The molecular weight excluding hydrogens is 254 g/mol. The normalized spacial score (nSPS) is 30.5. The Morgan fingerprint density at radius 2 is 2.21 bits per heavy atom. The second-order valence-corrected chi connectivity index (χ2v) is 4.20. The zero-order valence-electron chi connectivity index (χ0n) is 10.0. The van der Waals surface area contributed by atoms with Crippen LogP contribution in [0.25, 0.3) is 6.08 Å². The van der Waals surface area contributed by atoms with Gasteiger partial charge in [-0.15, -0.1) is 0 Å². The first-order valence-corrected chi connectivity index (χ1v) is 5.63. The molecule has 1 aliphatic heterocycles. The second-order valence-electron chi connectivity index (χ2n) is 4.20. The van der Waals surface area contributed by atoms with Crippen molar-refractivity contribution in [1.29, 1.82) is 0 Å².